The molecule has 1 N–H and O–H groups in total. The van der Waals surface area contributed by atoms with Crippen LogP contribution in [0.15, 0.2) is 21.8 Å². The Balaban J connectivity index is 2.59. The Bertz CT molecular complexity index is 323. The van der Waals surface area contributed by atoms with Gasteiger partial charge in [-0.15, -0.1) is 0 Å². The van der Waals surface area contributed by atoms with Crippen LogP contribution < -0.4 is 5.32 Å². The van der Waals surface area contributed by atoms with E-state index in [0.717, 1.165) is 24.4 Å². The third kappa shape index (κ3) is 4.61. The molecule has 0 spiro atoms. The Kier molecular flexibility index (Phi) is 6.05. The molecule has 4 heteroatoms. The van der Waals surface area contributed by atoms with Crippen molar-refractivity contribution in [2.24, 2.45) is 9.98 Å². The normalized spacial score (nSPS) is 26.3. The molecule has 0 amide bonds. The van der Waals surface area contributed by atoms with Crippen molar-refractivity contribution in [1.82, 2.24) is 10.2 Å². The van der Waals surface area contributed by atoms with E-state index in [4.69, 9.17) is 0 Å². The summed E-state index contributed by atoms with van der Waals surface area (Å²) in [5, 5.41) is 3.07. The van der Waals surface area contributed by atoms with Crippen molar-refractivity contribution >= 4 is 12.6 Å². The zero-order chi connectivity index (χ0) is 13.5. The highest BCUT2D eigenvalue weighted by Crippen LogP contribution is 2.24. The average molecular weight is 250 g/mol. The zero-order valence-corrected chi connectivity index (χ0v) is 12.1. The standard InChI is InChI=1S/C14H26N4/c1-11(15-2)10-14(16-3)17-12-6-8-13(9-7-12)18(4)5/h10,12-13,15H,3,6-9H2,1-2,4-5H3. The van der Waals surface area contributed by atoms with E-state index in [1.54, 1.807) is 0 Å². The highest BCUT2D eigenvalue weighted by Gasteiger charge is 2.21. The van der Waals surface area contributed by atoms with Gasteiger partial charge in [-0.05, 0) is 53.4 Å². The van der Waals surface area contributed by atoms with Crippen molar-refractivity contribution in [3.63, 3.8) is 0 Å². The molecular formula is C14H26N4. The number of aliphatic imine (C=N–C) groups is 2. The van der Waals surface area contributed by atoms with Gasteiger partial charge >= 0.3 is 0 Å². The molecule has 4 nitrogen and oxygen atoms in total. The number of nitrogens with zero attached hydrogens (tertiary/aromatic N) is 3. The van der Waals surface area contributed by atoms with Gasteiger partial charge in [0, 0.05) is 24.9 Å². The maximum absolute atomic E-state index is 4.69. The van der Waals surface area contributed by atoms with Gasteiger partial charge in [-0.2, -0.15) is 0 Å². The van der Waals surface area contributed by atoms with E-state index in [-0.39, 0.29) is 0 Å². The molecule has 0 saturated heterocycles. The van der Waals surface area contributed by atoms with Crippen molar-refractivity contribution in [1.29, 1.82) is 0 Å². The summed E-state index contributed by atoms with van der Waals surface area (Å²) in [5.74, 6) is 0.746. The highest BCUT2D eigenvalue weighted by molar-refractivity contribution is 5.96. The minimum absolute atomic E-state index is 0.405. The lowest BCUT2D eigenvalue weighted by Gasteiger charge is -2.31. The van der Waals surface area contributed by atoms with Crippen molar-refractivity contribution in [2.75, 3.05) is 21.1 Å². The Labute approximate surface area is 111 Å². The smallest absolute Gasteiger partial charge is 0.148 e. The summed E-state index contributed by atoms with van der Waals surface area (Å²) in [4.78, 5) is 11.0. The van der Waals surface area contributed by atoms with E-state index in [2.05, 4.69) is 41.0 Å². The fraction of sp³-hybridized carbons (Fsp3) is 0.714. The van der Waals surface area contributed by atoms with Crippen molar-refractivity contribution in [2.45, 2.75) is 44.7 Å². The molecule has 18 heavy (non-hydrogen) atoms. The minimum atomic E-state index is 0.405. The van der Waals surface area contributed by atoms with E-state index in [0.29, 0.717) is 12.1 Å². The van der Waals surface area contributed by atoms with E-state index in [1.165, 1.54) is 12.8 Å². The number of rotatable bonds is 4. The lowest BCUT2D eigenvalue weighted by Crippen LogP contribution is -2.33. The summed E-state index contributed by atoms with van der Waals surface area (Å²) in [6.07, 6.45) is 6.69. The van der Waals surface area contributed by atoms with Gasteiger partial charge in [-0.1, -0.05) is 0 Å². The van der Waals surface area contributed by atoms with Gasteiger partial charge in [-0.3, -0.25) is 4.99 Å². The van der Waals surface area contributed by atoms with Crippen LogP contribution in [0, 0.1) is 0 Å². The fourth-order valence-corrected chi connectivity index (χ4v) is 2.28. The Hall–Kier alpha value is -1.16. The molecule has 0 aromatic heterocycles. The summed E-state index contributed by atoms with van der Waals surface area (Å²) in [7, 11) is 6.21. The SMILES string of the molecule is C=NC(C=C(C)NC)=NC1CCC(N(C)C)CC1. The van der Waals surface area contributed by atoms with Crippen LogP contribution in [0.5, 0.6) is 0 Å². The summed E-state index contributed by atoms with van der Waals surface area (Å²) < 4.78 is 0. The first kappa shape index (κ1) is 14.9. The largest absolute Gasteiger partial charge is 0.392 e. The predicted molar refractivity (Wildman–Crippen MR) is 79.5 cm³/mol. The minimum Gasteiger partial charge on any atom is -0.392 e. The molecule has 1 fully saturated rings. The lowest BCUT2D eigenvalue weighted by atomic mass is 9.91. The van der Waals surface area contributed by atoms with Gasteiger partial charge in [0.25, 0.3) is 0 Å². The Morgan fingerprint density at radius 2 is 1.89 bits per heavy atom. The zero-order valence-electron chi connectivity index (χ0n) is 12.1. The Morgan fingerprint density at radius 3 is 2.33 bits per heavy atom. The first-order valence-corrected chi connectivity index (χ1v) is 6.63. The third-order valence-corrected chi connectivity index (χ3v) is 3.61. The van der Waals surface area contributed by atoms with Gasteiger partial charge in [0.1, 0.15) is 5.84 Å². The van der Waals surface area contributed by atoms with E-state index in [1.807, 2.05) is 20.0 Å². The van der Waals surface area contributed by atoms with Gasteiger partial charge in [0.05, 0.1) is 6.04 Å². The fourth-order valence-electron chi connectivity index (χ4n) is 2.28. The van der Waals surface area contributed by atoms with Crippen LogP contribution in [0.2, 0.25) is 0 Å². The number of allylic oxidation sites excluding steroid dienone is 1. The van der Waals surface area contributed by atoms with Crippen LogP contribution in [-0.2, 0) is 0 Å². The van der Waals surface area contributed by atoms with Crippen LogP contribution in [0.1, 0.15) is 32.6 Å². The first-order valence-electron chi connectivity index (χ1n) is 6.63. The molecule has 0 aromatic carbocycles. The van der Waals surface area contributed by atoms with Gasteiger partial charge < -0.3 is 10.2 Å². The predicted octanol–water partition coefficient (Wildman–Crippen LogP) is 2.08. The summed E-state index contributed by atoms with van der Waals surface area (Å²) in [5.41, 5.74) is 1.06. The molecule has 0 radical (unpaired) electrons. The maximum atomic E-state index is 4.69. The molecule has 0 atom stereocenters. The number of hydrogen-bond donors (Lipinski definition) is 1. The van der Waals surface area contributed by atoms with Crippen molar-refractivity contribution < 1.29 is 0 Å². The van der Waals surface area contributed by atoms with Crippen LogP contribution in [0.3, 0.4) is 0 Å². The van der Waals surface area contributed by atoms with E-state index >= 15 is 0 Å². The molecule has 102 valence electrons. The third-order valence-electron chi connectivity index (χ3n) is 3.61. The van der Waals surface area contributed by atoms with Gasteiger partial charge in [0.15, 0.2) is 0 Å². The molecule has 0 bridgehead atoms. The highest BCUT2D eigenvalue weighted by atomic mass is 15.1. The molecule has 1 rings (SSSR count). The van der Waals surface area contributed by atoms with Crippen LogP contribution >= 0.6 is 0 Å². The van der Waals surface area contributed by atoms with Crippen LogP contribution in [-0.4, -0.2) is 50.7 Å². The Morgan fingerprint density at radius 1 is 1.28 bits per heavy atom. The number of amidine groups is 1. The summed E-state index contributed by atoms with van der Waals surface area (Å²) >= 11 is 0. The van der Waals surface area contributed by atoms with Crippen molar-refractivity contribution in [3.05, 3.63) is 11.8 Å². The molecule has 0 aromatic rings. The van der Waals surface area contributed by atoms with Gasteiger partial charge in [0.2, 0.25) is 0 Å². The topological polar surface area (TPSA) is 40.0 Å². The molecule has 0 aliphatic heterocycles. The quantitative estimate of drug-likeness (QED) is 0.613. The van der Waals surface area contributed by atoms with Crippen molar-refractivity contribution in [3.8, 4) is 0 Å². The van der Waals surface area contributed by atoms with Crippen LogP contribution in [0.4, 0.5) is 0 Å². The van der Waals surface area contributed by atoms with Crippen LogP contribution in [0.25, 0.3) is 0 Å². The summed E-state index contributed by atoms with van der Waals surface area (Å²) in [6, 6.07) is 1.12. The van der Waals surface area contributed by atoms with E-state index < -0.39 is 0 Å². The molecule has 0 heterocycles. The monoisotopic (exact) mass is 250 g/mol. The second-order valence-corrected chi connectivity index (χ2v) is 5.15. The lowest BCUT2D eigenvalue weighted by molar-refractivity contribution is 0.218. The molecule has 1 aliphatic carbocycles. The molecule has 0 unspecified atom stereocenters. The van der Waals surface area contributed by atoms with E-state index in [9.17, 15) is 0 Å². The first-order chi connectivity index (χ1) is 8.56. The number of hydrogen-bond acceptors (Lipinski definition) is 3. The van der Waals surface area contributed by atoms with Gasteiger partial charge in [-0.25, -0.2) is 4.99 Å². The number of nitrogens with one attached hydrogen (secondary N) is 1. The average Bonchev–Trinajstić information content (AvgIpc) is 2.38. The summed E-state index contributed by atoms with van der Waals surface area (Å²) in [6.45, 7) is 5.60. The molecule has 1 saturated carbocycles. The molecule has 1 aliphatic rings. The maximum Gasteiger partial charge on any atom is 0.148 e. The second-order valence-electron chi connectivity index (χ2n) is 5.15. The molecular weight excluding hydrogens is 224 g/mol. The second kappa shape index (κ2) is 7.31.